The van der Waals surface area contributed by atoms with Gasteiger partial charge in [-0.2, -0.15) is 0 Å². The number of amides is 1. The monoisotopic (exact) mass is 412 g/mol. The summed E-state index contributed by atoms with van der Waals surface area (Å²) in [5, 5.41) is 18.0. The normalized spacial score (nSPS) is 10.0. The molecule has 0 bridgehead atoms. The third-order valence-electron chi connectivity index (χ3n) is 3.91. The SMILES string of the molecule is CNCCN(C)C(=O)c1ccc(NCc2ccccc2Cl)c([N+](=O)[O-])c1.Cl. The molecule has 0 aromatic heterocycles. The Morgan fingerprint density at radius 3 is 2.59 bits per heavy atom. The summed E-state index contributed by atoms with van der Waals surface area (Å²) in [6.45, 7) is 1.49. The molecule has 0 fully saturated rings. The first-order chi connectivity index (χ1) is 12.4. The summed E-state index contributed by atoms with van der Waals surface area (Å²) in [5.74, 6) is -0.263. The third-order valence-corrected chi connectivity index (χ3v) is 4.28. The number of likely N-dealkylation sites (N-methyl/N-ethyl adjacent to an activating group) is 2. The highest BCUT2D eigenvalue weighted by Crippen LogP contribution is 2.27. The van der Waals surface area contributed by atoms with Gasteiger partial charge >= 0.3 is 0 Å². The molecule has 146 valence electrons. The van der Waals surface area contributed by atoms with Crippen LogP contribution < -0.4 is 10.6 Å². The molecule has 27 heavy (non-hydrogen) atoms. The van der Waals surface area contributed by atoms with E-state index in [1.165, 1.54) is 11.0 Å². The number of nitro benzene ring substituents is 1. The molecule has 1 amide bonds. The first kappa shape index (κ1) is 22.7. The Bertz CT molecular complexity index is 802. The first-order valence-electron chi connectivity index (χ1n) is 8.09. The second-order valence-electron chi connectivity index (χ2n) is 5.76. The van der Waals surface area contributed by atoms with E-state index in [1.54, 1.807) is 32.3 Å². The summed E-state index contributed by atoms with van der Waals surface area (Å²) in [6, 6.07) is 11.7. The van der Waals surface area contributed by atoms with E-state index in [0.717, 1.165) is 5.56 Å². The molecule has 0 aliphatic carbocycles. The minimum Gasteiger partial charge on any atom is -0.375 e. The van der Waals surface area contributed by atoms with Crippen molar-refractivity contribution in [2.45, 2.75) is 6.54 Å². The molecular weight excluding hydrogens is 391 g/mol. The topological polar surface area (TPSA) is 87.5 Å². The smallest absolute Gasteiger partial charge is 0.293 e. The van der Waals surface area contributed by atoms with Crippen molar-refractivity contribution < 1.29 is 9.72 Å². The van der Waals surface area contributed by atoms with Gasteiger partial charge in [0.15, 0.2) is 0 Å². The van der Waals surface area contributed by atoms with E-state index in [0.29, 0.717) is 30.3 Å². The molecule has 0 aliphatic heterocycles. The molecule has 2 aromatic rings. The highest BCUT2D eigenvalue weighted by atomic mass is 35.5. The summed E-state index contributed by atoms with van der Waals surface area (Å²) >= 11 is 6.11. The van der Waals surface area contributed by atoms with Crippen LogP contribution in [0.3, 0.4) is 0 Å². The van der Waals surface area contributed by atoms with Gasteiger partial charge in [-0.05, 0) is 30.8 Å². The lowest BCUT2D eigenvalue weighted by atomic mass is 10.1. The maximum atomic E-state index is 12.4. The highest BCUT2D eigenvalue weighted by molar-refractivity contribution is 6.31. The molecule has 0 saturated heterocycles. The summed E-state index contributed by atoms with van der Waals surface area (Å²) in [5.41, 5.74) is 1.29. The van der Waals surface area contributed by atoms with Crippen LogP contribution in [0.1, 0.15) is 15.9 Å². The van der Waals surface area contributed by atoms with Crippen LogP contribution in [-0.2, 0) is 6.54 Å². The van der Waals surface area contributed by atoms with Gasteiger partial charge in [0.05, 0.1) is 4.92 Å². The number of nitrogens with one attached hydrogen (secondary N) is 2. The van der Waals surface area contributed by atoms with Crippen LogP contribution in [-0.4, -0.2) is 42.9 Å². The highest BCUT2D eigenvalue weighted by Gasteiger charge is 2.19. The molecule has 0 saturated carbocycles. The van der Waals surface area contributed by atoms with Gasteiger partial charge in [-0.1, -0.05) is 29.8 Å². The van der Waals surface area contributed by atoms with E-state index in [-0.39, 0.29) is 29.6 Å². The minimum absolute atomic E-state index is 0. The lowest BCUT2D eigenvalue weighted by Crippen LogP contribution is -2.32. The summed E-state index contributed by atoms with van der Waals surface area (Å²) in [4.78, 5) is 24.8. The van der Waals surface area contributed by atoms with Crippen molar-refractivity contribution in [2.24, 2.45) is 0 Å². The first-order valence-corrected chi connectivity index (χ1v) is 8.47. The van der Waals surface area contributed by atoms with Crippen molar-refractivity contribution in [2.75, 3.05) is 32.5 Å². The number of nitrogens with zero attached hydrogens (tertiary/aromatic N) is 2. The van der Waals surface area contributed by atoms with Crippen LogP contribution in [0.25, 0.3) is 0 Å². The van der Waals surface area contributed by atoms with E-state index in [4.69, 9.17) is 11.6 Å². The number of anilines is 1. The van der Waals surface area contributed by atoms with Crippen molar-refractivity contribution >= 4 is 41.3 Å². The van der Waals surface area contributed by atoms with Gasteiger partial charge in [-0.15, -0.1) is 12.4 Å². The van der Waals surface area contributed by atoms with Crippen LogP contribution in [0.5, 0.6) is 0 Å². The second-order valence-corrected chi connectivity index (χ2v) is 6.17. The van der Waals surface area contributed by atoms with E-state index in [2.05, 4.69) is 10.6 Å². The second kappa shape index (κ2) is 10.7. The van der Waals surface area contributed by atoms with Gasteiger partial charge < -0.3 is 15.5 Å². The van der Waals surface area contributed by atoms with Gasteiger partial charge in [-0.25, -0.2) is 0 Å². The molecule has 0 unspecified atom stereocenters. The zero-order valence-corrected chi connectivity index (χ0v) is 16.6. The van der Waals surface area contributed by atoms with Gasteiger partial charge in [0.1, 0.15) is 5.69 Å². The molecule has 9 heteroatoms. The number of halogens is 2. The van der Waals surface area contributed by atoms with Crippen molar-refractivity contribution in [1.82, 2.24) is 10.2 Å². The van der Waals surface area contributed by atoms with E-state index in [9.17, 15) is 14.9 Å². The molecule has 0 atom stereocenters. The van der Waals surface area contributed by atoms with E-state index in [1.807, 2.05) is 18.2 Å². The Balaban J connectivity index is 0.00000364. The van der Waals surface area contributed by atoms with Crippen molar-refractivity contribution in [3.63, 3.8) is 0 Å². The predicted molar refractivity (Wildman–Crippen MR) is 110 cm³/mol. The molecule has 7 nitrogen and oxygen atoms in total. The number of nitro groups is 1. The number of hydrogen-bond acceptors (Lipinski definition) is 5. The van der Waals surface area contributed by atoms with Gasteiger partial charge in [-0.3, -0.25) is 14.9 Å². The van der Waals surface area contributed by atoms with Crippen LogP contribution >= 0.6 is 24.0 Å². The van der Waals surface area contributed by atoms with Gasteiger partial charge in [0, 0.05) is 43.3 Å². The zero-order chi connectivity index (χ0) is 19.1. The van der Waals surface area contributed by atoms with Gasteiger partial charge in [0.2, 0.25) is 0 Å². The van der Waals surface area contributed by atoms with Crippen LogP contribution in [0.2, 0.25) is 5.02 Å². The van der Waals surface area contributed by atoms with Crippen molar-refractivity contribution in [3.8, 4) is 0 Å². The molecule has 2 N–H and O–H groups in total. The minimum atomic E-state index is -0.501. The Hall–Kier alpha value is -2.35. The maximum absolute atomic E-state index is 12.4. The molecule has 0 radical (unpaired) electrons. The Kier molecular flexibility index (Phi) is 9.00. The molecule has 2 aromatic carbocycles. The Labute approximate surface area is 169 Å². The number of hydrogen-bond donors (Lipinski definition) is 2. The quantitative estimate of drug-likeness (QED) is 0.510. The Morgan fingerprint density at radius 2 is 1.96 bits per heavy atom. The van der Waals surface area contributed by atoms with Crippen LogP contribution in [0.4, 0.5) is 11.4 Å². The largest absolute Gasteiger partial charge is 0.375 e. The maximum Gasteiger partial charge on any atom is 0.293 e. The molecule has 0 heterocycles. The number of rotatable bonds is 8. The summed E-state index contributed by atoms with van der Waals surface area (Å²) < 4.78 is 0. The number of benzene rings is 2. The zero-order valence-electron chi connectivity index (χ0n) is 15.1. The molecular formula is C18H22Cl2N4O3. The fourth-order valence-electron chi connectivity index (χ4n) is 2.40. The van der Waals surface area contributed by atoms with E-state index < -0.39 is 4.92 Å². The lowest BCUT2D eigenvalue weighted by molar-refractivity contribution is -0.384. The third kappa shape index (κ3) is 6.09. The van der Waals surface area contributed by atoms with Crippen LogP contribution in [0.15, 0.2) is 42.5 Å². The fourth-order valence-corrected chi connectivity index (χ4v) is 2.60. The molecule has 2 rings (SSSR count). The number of carbonyl (C=O) groups is 1. The Morgan fingerprint density at radius 1 is 1.26 bits per heavy atom. The molecule has 0 spiro atoms. The number of carbonyl (C=O) groups excluding carboxylic acids is 1. The van der Waals surface area contributed by atoms with Crippen molar-refractivity contribution in [3.05, 3.63) is 68.7 Å². The van der Waals surface area contributed by atoms with Gasteiger partial charge in [0.25, 0.3) is 11.6 Å². The summed E-state index contributed by atoms with van der Waals surface area (Å²) in [7, 11) is 3.46. The van der Waals surface area contributed by atoms with E-state index >= 15 is 0 Å². The fraction of sp³-hybridized carbons (Fsp3) is 0.278. The summed E-state index contributed by atoms with van der Waals surface area (Å²) in [6.07, 6.45) is 0. The predicted octanol–water partition coefficient (Wildman–Crippen LogP) is 3.57. The van der Waals surface area contributed by atoms with Crippen LogP contribution in [0, 0.1) is 10.1 Å². The lowest BCUT2D eigenvalue weighted by Gasteiger charge is -2.17. The standard InChI is InChI=1S/C18H21ClN4O3.ClH/c1-20-9-10-22(2)18(24)13-7-8-16(17(11-13)23(25)26)21-12-14-5-3-4-6-15(14)19;/h3-8,11,20-21H,9-10,12H2,1-2H3;1H. The molecule has 0 aliphatic rings. The average Bonchev–Trinajstić information content (AvgIpc) is 2.64. The van der Waals surface area contributed by atoms with Crippen molar-refractivity contribution in [1.29, 1.82) is 0 Å². The average molecular weight is 413 g/mol.